The Bertz CT molecular complexity index is 1120. The zero-order valence-corrected chi connectivity index (χ0v) is 22.2. The molecule has 2 aliphatic rings. The molecule has 3 aromatic carbocycles. The fourth-order valence-corrected chi connectivity index (χ4v) is 6.46. The SMILES string of the molecule is CCC(C)c1ccc2c(c1)[C@H]1CC(C(C)CC)CCC1N2c1ccc(N(C)c2ccccc2)cc1. The van der Waals surface area contributed by atoms with Crippen molar-refractivity contribution < 1.29 is 0 Å². The smallest absolute Gasteiger partial charge is 0.0449 e. The summed E-state index contributed by atoms with van der Waals surface area (Å²) in [6.45, 7) is 9.51. The molecule has 1 saturated carbocycles. The molecule has 2 nitrogen and oxygen atoms in total. The average molecular weight is 467 g/mol. The third-order valence-corrected chi connectivity index (χ3v) is 9.19. The summed E-state index contributed by atoms with van der Waals surface area (Å²) in [4.78, 5) is 4.94. The lowest BCUT2D eigenvalue weighted by atomic mass is 9.71. The monoisotopic (exact) mass is 466 g/mol. The van der Waals surface area contributed by atoms with Crippen molar-refractivity contribution in [3.8, 4) is 0 Å². The number of hydrogen-bond donors (Lipinski definition) is 0. The molecule has 1 fully saturated rings. The average Bonchev–Trinajstić information content (AvgIpc) is 3.25. The molecule has 4 unspecified atom stereocenters. The highest BCUT2D eigenvalue weighted by atomic mass is 15.2. The summed E-state index contributed by atoms with van der Waals surface area (Å²) >= 11 is 0. The molecule has 0 amide bonds. The van der Waals surface area contributed by atoms with Crippen molar-refractivity contribution in [3.05, 3.63) is 83.9 Å². The lowest BCUT2D eigenvalue weighted by Crippen LogP contribution is -2.36. The maximum absolute atomic E-state index is 2.68. The largest absolute Gasteiger partial charge is 0.345 e. The molecule has 2 heteroatoms. The first-order valence-electron chi connectivity index (χ1n) is 13.8. The summed E-state index contributed by atoms with van der Waals surface area (Å²) in [7, 11) is 2.15. The molecule has 1 aliphatic heterocycles. The molecule has 0 radical (unpaired) electrons. The third-order valence-electron chi connectivity index (χ3n) is 9.19. The lowest BCUT2D eigenvalue weighted by Gasteiger charge is -2.39. The number of benzene rings is 3. The van der Waals surface area contributed by atoms with E-state index in [1.54, 1.807) is 5.56 Å². The van der Waals surface area contributed by atoms with Crippen LogP contribution in [0.2, 0.25) is 0 Å². The topological polar surface area (TPSA) is 6.48 Å². The first-order valence-corrected chi connectivity index (χ1v) is 13.8. The number of nitrogens with zero attached hydrogens (tertiary/aromatic N) is 2. The fourth-order valence-electron chi connectivity index (χ4n) is 6.46. The van der Waals surface area contributed by atoms with Crippen molar-refractivity contribution >= 4 is 22.7 Å². The van der Waals surface area contributed by atoms with Crippen LogP contribution in [0.25, 0.3) is 0 Å². The number of anilines is 4. The number of para-hydroxylation sites is 1. The van der Waals surface area contributed by atoms with Gasteiger partial charge in [0.15, 0.2) is 0 Å². The van der Waals surface area contributed by atoms with Crippen molar-refractivity contribution in [1.29, 1.82) is 0 Å². The zero-order valence-electron chi connectivity index (χ0n) is 22.2. The van der Waals surface area contributed by atoms with Crippen LogP contribution >= 0.6 is 0 Å². The van der Waals surface area contributed by atoms with Crippen LogP contribution in [0.5, 0.6) is 0 Å². The van der Waals surface area contributed by atoms with Crippen LogP contribution in [0.4, 0.5) is 22.7 Å². The van der Waals surface area contributed by atoms with Crippen LogP contribution < -0.4 is 9.80 Å². The fraction of sp³-hybridized carbons (Fsp3) is 0.455. The van der Waals surface area contributed by atoms with E-state index in [0.717, 1.165) is 11.8 Å². The lowest BCUT2D eigenvalue weighted by molar-refractivity contribution is 0.224. The molecule has 0 N–H and O–H groups in total. The van der Waals surface area contributed by atoms with E-state index in [-0.39, 0.29) is 0 Å². The summed E-state index contributed by atoms with van der Waals surface area (Å²) in [6.07, 6.45) is 6.47. The van der Waals surface area contributed by atoms with Gasteiger partial charge in [-0.3, -0.25) is 0 Å². The number of rotatable bonds is 7. The first kappa shape index (κ1) is 24.0. The number of hydrogen-bond acceptors (Lipinski definition) is 2. The zero-order chi connectivity index (χ0) is 24.5. The van der Waals surface area contributed by atoms with Gasteiger partial charge in [-0.25, -0.2) is 0 Å². The minimum Gasteiger partial charge on any atom is -0.345 e. The van der Waals surface area contributed by atoms with Crippen molar-refractivity contribution in [2.45, 2.75) is 77.7 Å². The molecule has 1 heterocycles. The molecule has 3 aromatic rings. The Kier molecular flexibility index (Phi) is 6.91. The van der Waals surface area contributed by atoms with Gasteiger partial charge in [-0.1, -0.05) is 64.4 Å². The summed E-state index contributed by atoms with van der Waals surface area (Å²) in [6, 6.07) is 27.8. The molecule has 35 heavy (non-hydrogen) atoms. The van der Waals surface area contributed by atoms with Crippen molar-refractivity contribution in [1.82, 2.24) is 0 Å². The van der Waals surface area contributed by atoms with E-state index in [4.69, 9.17) is 0 Å². The summed E-state index contributed by atoms with van der Waals surface area (Å²) < 4.78 is 0. The van der Waals surface area contributed by atoms with Crippen LogP contribution in [-0.4, -0.2) is 13.1 Å². The van der Waals surface area contributed by atoms with Gasteiger partial charge < -0.3 is 9.80 Å². The Morgan fingerprint density at radius 2 is 1.57 bits per heavy atom. The molecule has 5 rings (SSSR count). The van der Waals surface area contributed by atoms with Crippen LogP contribution in [0.1, 0.15) is 82.8 Å². The van der Waals surface area contributed by atoms with Crippen LogP contribution in [0, 0.1) is 11.8 Å². The minimum atomic E-state index is 0.579. The molecule has 0 aromatic heterocycles. The van der Waals surface area contributed by atoms with Gasteiger partial charge in [-0.05, 0) is 97.0 Å². The van der Waals surface area contributed by atoms with E-state index in [0.29, 0.717) is 17.9 Å². The first-order chi connectivity index (χ1) is 17.0. The Hall–Kier alpha value is -2.74. The van der Waals surface area contributed by atoms with Gasteiger partial charge in [-0.2, -0.15) is 0 Å². The van der Waals surface area contributed by atoms with E-state index in [1.807, 2.05) is 0 Å². The van der Waals surface area contributed by atoms with E-state index >= 15 is 0 Å². The predicted molar refractivity (Wildman–Crippen MR) is 152 cm³/mol. The van der Waals surface area contributed by atoms with Gasteiger partial charge in [-0.15, -0.1) is 0 Å². The highest BCUT2D eigenvalue weighted by molar-refractivity contribution is 5.75. The maximum Gasteiger partial charge on any atom is 0.0449 e. The van der Waals surface area contributed by atoms with Gasteiger partial charge in [0.1, 0.15) is 0 Å². The quantitative estimate of drug-likeness (QED) is 0.342. The Balaban J connectivity index is 1.48. The molecule has 1 aliphatic carbocycles. The summed E-state index contributed by atoms with van der Waals surface area (Å²) in [5.41, 5.74) is 8.34. The van der Waals surface area contributed by atoms with Crippen molar-refractivity contribution in [3.63, 3.8) is 0 Å². The van der Waals surface area contributed by atoms with E-state index in [2.05, 4.69) is 117 Å². The number of fused-ring (bicyclic) bond motifs is 3. The van der Waals surface area contributed by atoms with Gasteiger partial charge >= 0.3 is 0 Å². The second-order valence-electron chi connectivity index (χ2n) is 11.0. The van der Waals surface area contributed by atoms with Gasteiger partial charge in [0.2, 0.25) is 0 Å². The van der Waals surface area contributed by atoms with Gasteiger partial charge in [0.05, 0.1) is 0 Å². The Morgan fingerprint density at radius 3 is 2.26 bits per heavy atom. The normalized spacial score (nSPS) is 22.9. The van der Waals surface area contributed by atoms with E-state index < -0.39 is 0 Å². The molecule has 184 valence electrons. The van der Waals surface area contributed by atoms with Crippen LogP contribution in [0.3, 0.4) is 0 Å². The second-order valence-corrected chi connectivity index (χ2v) is 11.0. The summed E-state index contributed by atoms with van der Waals surface area (Å²) in [5, 5.41) is 0. The molecule has 0 bridgehead atoms. The second kappa shape index (κ2) is 10.1. The highest BCUT2D eigenvalue weighted by Gasteiger charge is 2.43. The third kappa shape index (κ3) is 4.48. The predicted octanol–water partition coefficient (Wildman–Crippen LogP) is 9.42. The molecule has 0 saturated heterocycles. The van der Waals surface area contributed by atoms with Gasteiger partial charge in [0, 0.05) is 41.8 Å². The highest BCUT2D eigenvalue weighted by Crippen LogP contribution is 2.54. The van der Waals surface area contributed by atoms with E-state index in [1.165, 1.54) is 60.4 Å². The van der Waals surface area contributed by atoms with Crippen molar-refractivity contribution in [2.24, 2.45) is 11.8 Å². The molecular formula is C33H42N2. The Morgan fingerprint density at radius 1 is 0.857 bits per heavy atom. The summed E-state index contributed by atoms with van der Waals surface area (Å²) in [5.74, 6) is 2.94. The molecular weight excluding hydrogens is 424 g/mol. The maximum atomic E-state index is 2.68. The molecule has 5 atom stereocenters. The standard InChI is InChI=1S/C33H42N2/c1-6-23(3)25-13-19-32-30(21-25)31-22-26(24(4)7-2)14-20-33(31)35(32)29-17-15-28(16-18-29)34(5)27-11-9-8-10-12-27/h8-13,15-19,21,23-24,26,31,33H,6-7,14,20,22H2,1-5H3/t23?,24?,26?,31-,33?/m1/s1. The van der Waals surface area contributed by atoms with E-state index in [9.17, 15) is 0 Å². The molecule has 0 spiro atoms. The van der Waals surface area contributed by atoms with Crippen molar-refractivity contribution in [2.75, 3.05) is 16.8 Å². The Labute approximate surface area is 213 Å². The van der Waals surface area contributed by atoms with Gasteiger partial charge in [0.25, 0.3) is 0 Å². The van der Waals surface area contributed by atoms with Crippen LogP contribution in [0.15, 0.2) is 72.8 Å². The minimum absolute atomic E-state index is 0.579. The van der Waals surface area contributed by atoms with Crippen LogP contribution in [-0.2, 0) is 0 Å².